The van der Waals surface area contributed by atoms with Gasteiger partial charge in [-0.25, -0.2) is 4.98 Å². The first-order valence-electron chi connectivity index (χ1n) is 10.0. The topological polar surface area (TPSA) is 52.8 Å². The van der Waals surface area contributed by atoms with E-state index in [-0.39, 0.29) is 0 Å². The fraction of sp³-hybridized carbons (Fsp3) is 0.737. The molecule has 0 radical (unpaired) electrons. The second-order valence-corrected chi connectivity index (χ2v) is 7.95. The number of hydrogen-bond donors (Lipinski definition) is 0. The lowest BCUT2D eigenvalue weighted by Crippen LogP contribution is -2.48. The Bertz CT molecular complexity index is 740. The zero-order valence-electron chi connectivity index (χ0n) is 16.4. The van der Waals surface area contributed by atoms with Gasteiger partial charge in [-0.3, -0.25) is 9.80 Å². The number of aryl methyl sites for hydroxylation is 1. The quantitative estimate of drug-likeness (QED) is 0.834. The summed E-state index contributed by atoms with van der Waals surface area (Å²) in [4.78, 5) is 16.8. The molecule has 0 unspecified atom stereocenters. The Balaban J connectivity index is 1.52. The van der Waals surface area contributed by atoms with Crippen LogP contribution in [0.4, 0.5) is 5.82 Å². The first-order valence-corrected chi connectivity index (χ1v) is 10.0. The Kier molecular flexibility index (Phi) is 5.09. The van der Waals surface area contributed by atoms with E-state index in [1.807, 2.05) is 11.4 Å². The Hall–Kier alpha value is -1.73. The molecule has 2 aliphatic heterocycles. The molecule has 7 heteroatoms. The van der Waals surface area contributed by atoms with Crippen molar-refractivity contribution in [3.8, 4) is 0 Å². The van der Waals surface area contributed by atoms with Crippen LogP contribution in [0.3, 0.4) is 0 Å². The molecule has 142 valence electrons. The third-order valence-corrected chi connectivity index (χ3v) is 5.65. The smallest absolute Gasteiger partial charge is 0.254 e. The van der Waals surface area contributed by atoms with Crippen molar-refractivity contribution in [1.29, 1.82) is 0 Å². The number of aromatic nitrogens is 4. The third-order valence-electron chi connectivity index (χ3n) is 5.65. The highest BCUT2D eigenvalue weighted by atomic mass is 15.4. The molecule has 0 spiro atoms. The monoisotopic (exact) mass is 357 g/mol. The van der Waals surface area contributed by atoms with Gasteiger partial charge in [0.05, 0.1) is 6.54 Å². The Morgan fingerprint density at radius 2 is 1.69 bits per heavy atom. The van der Waals surface area contributed by atoms with E-state index in [4.69, 9.17) is 10.1 Å². The number of piperazine rings is 1. The molecule has 2 aromatic heterocycles. The minimum absolute atomic E-state index is 0.629. The largest absolute Gasteiger partial charge is 0.356 e. The van der Waals surface area contributed by atoms with E-state index in [0.29, 0.717) is 6.04 Å². The number of fused-ring (bicyclic) bond motifs is 1. The molecule has 2 aromatic rings. The lowest BCUT2D eigenvalue weighted by atomic mass is 10.1. The lowest BCUT2D eigenvalue weighted by Gasteiger charge is -2.36. The minimum atomic E-state index is 0.629. The van der Waals surface area contributed by atoms with E-state index >= 15 is 0 Å². The standard InChI is InChI=1S/C19H31N7/c1-15(2)24-11-9-23(10-12-24)14-17-21-19-20-16(3)13-18(26(19)22-17)25-7-5-4-6-8-25/h13,15H,4-12,14H2,1-3H3. The zero-order chi connectivity index (χ0) is 18.1. The molecule has 0 aromatic carbocycles. The van der Waals surface area contributed by atoms with Crippen LogP contribution in [0, 0.1) is 6.92 Å². The maximum Gasteiger partial charge on any atom is 0.254 e. The Morgan fingerprint density at radius 3 is 2.38 bits per heavy atom. The maximum atomic E-state index is 4.82. The average molecular weight is 358 g/mol. The van der Waals surface area contributed by atoms with Gasteiger partial charge in [-0.1, -0.05) is 0 Å². The van der Waals surface area contributed by atoms with Crippen molar-refractivity contribution < 1.29 is 0 Å². The van der Waals surface area contributed by atoms with Crippen molar-refractivity contribution in [1.82, 2.24) is 29.4 Å². The van der Waals surface area contributed by atoms with Crippen LogP contribution in [0.5, 0.6) is 0 Å². The molecular formula is C19H31N7. The van der Waals surface area contributed by atoms with Gasteiger partial charge in [0.2, 0.25) is 0 Å². The summed E-state index contributed by atoms with van der Waals surface area (Å²) < 4.78 is 1.96. The fourth-order valence-electron chi connectivity index (χ4n) is 4.06. The minimum Gasteiger partial charge on any atom is -0.356 e. The molecule has 0 saturated carbocycles. The van der Waals surface area contributed by atoms with E-state index < -0.39 is 0 Å². The number of nitrogens with zero attached hydrogens (tertiary/aromatic N) is 7. The van der Waals surface area contributed by atoms with Gasteiger partial charge in [-0.15, -0.1) is 5.10 Å². The van der Waals surface area contributed by atoms with E-state index in [1.54, 1.807) is 0 Å². The predicted molar refractivity (Wildman–Crippen MR) is 104 cm³/mol. The normalized spacial score (nSPS) is 20.4. The molecule has 4 rings (SSSR count). The summed E-state index contributed by atoms with van der Waals surface area (Å²) in [5.74, 6) is 2.77. The van der Waals surface area contributed by atoms with Crippen molar-refractivity contribution in [2.75, 3.05) is 44.2 Å². The van der Waals surface area contributed by atoms with Crippen LogP contribution in [0.1, 0.15) is 44.6 Å². The maximum absolute atomic E-state index is 4.82. The molecule has 7 nitrogen and oxygen atoms in total. The summed E-state index contributed by atoms with van der Waals surface area (Å²) >= 11 is 0. The van der Waals surface area contributed by atoms with Gasteiger partial charge in [-0.05, 0) is 40.0 Å². The van der Waals surface area contributed by atoms with Crippen molar-refractivity contribution in [3.05, 3.63) is 17.6 Å². The Morgan fingerprint density at radius 1 is 0.962 bits per heavy atom. The van der Waals surface area contributed by atoms with E-state index in [2.05, 4.69) is 39.6 Å². The first kappa shape index (κ1) is 17.7. The predicted octanol–water partition coefficient (Wildman–Crippen LogP) is 1.95. The van der Waals surface area contributed by atoms with Gasteiger partial charge in [0.15, 0.2) is 5.82 Å². The van der Waals surface area contributed by atoms with E-state index in [1.165, 1.54) is 19.3 Å². The highest BCUT2D eigenvalue weighted by molar-refractivity contribution is 5.47. The average Bonchev–Trinajstić information content (AvgIpc) is 3.04. The molecule has 26 heavy (non-hydrogen) atoms. The summed E-state index contributed by atoms with van der Waals surface area (Å²) in [6.07, 6.45) is 3.84. The molecule has 2 fully saturated rings. The molecule has 0 aliphatic carbocycles. The molecule has 0 amide bonds. The van der Waals surface area contributed by atoms with Gasteiger partial charge in [0.1, 0.15) is 5.82 Å². The van der Waals surface area contributed by atoms with Crippen LogP contribution in [0.15, 0.2) is 6.07 Å². The van der Waals surface area contributed by atoms with Crippen LogP contribution < -0.4 is 4.90 Å². The van der Waals surface area contributed by atoms with E-state index in [9.17, 15) is 0 Å². The van der Waals surface area contributed by atoms with Gasteiger partial charge in [0, 0.05) is 57.1 Å². The van der Waals surface area contributed by atoms with Crippen LogP contribution in [-0.4, -0.2) is 74.7 Å². The summed E-state index contributed by atoms with van der Waals surface area (Å²) in [6.45, 7) is 14.0. The van der Waals surface area contributed by atoms with Crippen LogP contribution in [-0.2, 0) is 6.54 Å². The fourth-order valence-corrected chi connectivity index (χ4v) is 4.06. The summed E-state index contributed by atoms with van der Waals surface area (Å²) in [5.41, 5.74) is 1.02. The summed E-state index contributed by atoms with van der Waals surface area (Å²) in [7, 11) is 0. The van der Waals surface area contributed by atoms with E-state index in [0.717, 1.165) is 68.9 Å². The van der Waals surface area contributed by atoms with Gasteiger partial charge >= 0.3 is 0 Å². The SMILES string of the molecule is Cc1cc(N2CCCCC2)n2nc(CN3CCN(C(C)C)CC3)nc2n1. The van der Waals surface area contributed by atoms with Gasteiger partial charge < -0.3 is 4.90 Å². The van der Waals surface area contributed by atoms with Crippen molar-refractivity contribution in [2.24, 2.45) is 0 Å². The number of hydrogen-bond acceptors (Lipinski definition) is 6. The number of anilines is 1. The van der Waals surface area contributed by atoms with Gasteiger partial charge in [0.25, 0.3) is 5.78 Å². The highest BCUT2D eigenvalue weighted by Gasteiger charge is 2.21. The third kappa shape index (κ3) is 3.69. The molecule has 0 N–H and O–H groups in total. The van der Waals surface area contributed by atoms with Crippen molar-refractivity contribution in [2.45, 2.75) is 52.6 Å². The zero-order valence-corrected chi connectivity index (χ0v) is 16.4. The first-order chi connectivity index (χ1) is 12.6. The molecular weight excluding hydrogens is 326 g/mol. The number of rotatable bonds is 4. The molecule has 0 atom stereocenters. The van der Waals surface area contributed by atoms with Crippen LogP contribution >= 0.6 is 0 Å². The molecule has 4 heterocycles. The molecule has 2 aliphatic rings. The van der Waals surface area contributed by atoms with Crippen molar-refractivity contribution in [3.63, 3.8) is 0 Å². The highest BCUT2D eigenvalue weighted by Crippen LogP contribution is 2.21. The van der Waals surface area contributed by atoms with Gasteiger partial charge in [-0.2, -0.15) is 9.50 Å². The Labute approximate surface area is 156 Å². The van der Waals surface area contributed by atoms with Crippen LogP contribution in [0.25, 0.3) is 5.78 Å². The lowest BCUT2D eigenvalue weighted by molar-refractivity contribution is 0.102. The second-order valence-electron chi connectivity index (χ2n) is 7.95. The summed E-state index contributed by atoms with van der Waals surface area (Å²) in [6, 6.07) is 2.78. The van der Waals surface area contributed by atoms with Crippen molar-refractivity contribution >= 4 is 11.6 Å². The molecule has 2 saturated heterocycles. The molecule has 0 bridgehead atoms. The summed E-state index contributed by atoms with van der Waals surface area (Å²) in [5, 5.41) is 4.82. The number of piperidine rings is 1. The van der Waals surface area contributed by atoms with Crippen LogP contribution in [0.2, 0.25) is 0 Å². The second kappa shape index (κ2) is 7.48.